The van der Waals surface area contributed by atoms with Crippen LogP contribution in [-0.2, 0) is 11.3 Å². The first-order valence-electron chi connectivity index (χ1n) is 4.74. The van der Waals surface area contributed by atoms with Crippen molar-refractivity contribution < 1.29 is 14.3 Å². The molecule has 17 heavy (non-hydrogen) atoms. The third-order valence-corrected chi connectivity index (χ3v) is 3.35. The van der Waals surface area contributed by atoms with Crippen LogP contribution in [0.5, 0.6) is 0 Å². The van der Waals surface area contributed by atoms with E-state index in [4.69, 9.17) is 9.52 Å². The van der Waals surface area contributed by atoms with Gasteiger partial charge in [-0.05, 0) is 28.1 Å². The monoisotopic (exact) mass is 317 g/mol. The summed E-state index contributed by atoms with van der Waals surface area (Å²) in [5.41, 5.74) is 0.604. The number of thiazole rings is 1. The summed E-state index contributed by atoms with van der Waals surface area (Å²) in [6.07, 6.45) is -0.0917. The molecule has 5 nitrogen and oxygen atoms in total. The van der Waals surface area contributed by atoms with Crippen molar-refractivity contribution in [1.82, 2.24) is 4.57 Å². The van der Waals surface area contributed by atoms with E-state index in [0.717, 1.165) is 11.3 Å². The number of rotatable bonds is 4. The highest BCUT2D eigenvalue weighted by molar-refractivity contribution is 9.10. The lowest BCUT2D eigenvalue weighted by Crippen LogP contribution is -2.16. The Balaban J connectivity index is 2.35. The van der Waals surface area contributed by atoms with Crippen LogP contribution in [0.25, 0.3) is 11.5 Å². The summed E-state index contributed by atoms with van der Waals surface area (Å²) in [7, 11) is 0. The fraction of sp³-hybridized carbons (Fsp3) is 0.200. The van der Waals surface area contributed by atoms with Crippen LogP contribution < -0.4 is 4.87 Å². The number of carbonyl (C=O) groups is 1. The normalized spacial score (nSPS) is 10.6. The summed E-state index contributed by atoms with van der Waals surface area (Å²) in [5.74, 6) is -0.393. The minimum absolute atomic E-state index is 0.0917. The summed E-state index contributed by atoms with van der Waals surface area (Å²) in [6.45, 7) is 0.144. The fourth-order valence-electron chi connectivity index (χ4n) is 1.39. The molecule has 0 aliphatic carbocycles. The summed E-state index contributed by atoms with van der Waals surface area (Å²) >= 11 is 4.20. The molecule has 2 aromatic rings. The first-order valence-corrected chi connectivity index (χ1v) is 6.41. The minimum Gasteiger partial charge on any atom is -0.481 e. The van der Waals surface area contributed by atoms with Gasteiger partial charge in [-0.2, -0.15) is 0 Å². The number of hydrogen-bond donors (Lipinski definition) is 1. The van der Waals surface area contributed by atoms with E-state index in [1.54, 1.807) is 17.5 Å². The number of furan rings is 1. The van der Waals surface area contributed by atoms with Crippen LogP contribution in [0.4, 0.5) is 0 Å². The van der Waals surface area contributed by atoms with E-state index < -0.39 is 5.97 Å². The van der Waals surface area contributed by atoms with Crippen LogP contribution >= 0.6 is 27.3 Å². The quantitative estimate of drug-likeness (QED) is 0.939. The van der Waals surface area contributed by atoms with Gasteiger partial charge in [-0.3, -0.25) is 14.2 Å². The van der Waals surface area contributed by atoms with E-state index in [-0.39, 0.29) is 17.8 Å². The average molecular weight is 318 g/mol. The van der Waals surface area contributed by atoms with Gasteiger partial charge in [-0.1, -0.05) is 11.3 Å². The first kappa shape index (κ1) is 12.1. The van der Waals surface area contributed by atoms with Gasteiger partial charge in [0, 0.05) is 11.9 Å². The zero-order valence-electron chi connectivity index (χ0n) is 8.55. The molecule has 0 spiro atoms. The van der Waals surface area contributed by atoms with Crippen LogP contribution in [0.1, 0.15) is 6.42 Å². The highest BCUT2D eigenvalue weighted by Crippen LogP contribution is 2.25. The Morgan fingerprint density at radius 2 is 2.29 bits per heavy atom. The Kier molecular flexibility index (Phi) is 3.49. The molecule has 0 aliphatic heterocycles. The van der Waals surface area contributed by atoms with Gasteiger partial charge in [0.1, 0.15) is 0 Å². The maximum absolute atomic E-state index is 11.6. The largest absolute Gasteiger partial charge is 0.481 e. The lowest BCUT2D eigenvalue weighted by molar-refractivity contribution is -0.137. The Hall–Kier alpha value is -1.34. The molecule has 0 saturated heterocycles. The average Bonchev–Trinajstić information content (AvgIpc) is 2.82. The zero-order chi connectivity index (χ0) is 12.4. The first-order chi connectivity index (χ1) is 8.08. The molecule has 90 valence electrons. The highest BCUT2D eigenvalue weighted by atomic mass is 79.9. The molecule has 0 radical (unpaired) electrons. The van der Waals surface area contributed by atoms with Gasteiger partial charge in [0.15, 0.2) is 10.4 Å². The summed E-state index contributed by atoms with van der Waals surface area (Å²) < 4.78 is 7.32. The van der Waals surface area contributed by atoms with E-state index in [1.165, 1.54) is 4.57 Å². The summed E-state index contributed by atoms with van der Waals surface area (Å²) in [4.78, 5) is 21.9. The van der Waals surface area contributed by atoms with Crippen molar-refractivity contribution in [3.63, 3.8) is 0 Å². The summed E-state index contributed by atoms with van der Waals surface area (Å²) in [6, 6.07) is 3.45. The summed E-state index contributed by atoms with van der Waals surface area (Å²) in [5, 5.41) is 10.3. The van der Waals surface area contributed by atoms with Crippen LogP contribution in [0.2, 0.25) is 0 Å². The van der Waals surface area contributed by atoms with E-state index >= 15 is 0 Å². The van der Waals surface area contributed by atoms with Crippen LogP contribution in [-0.4, -0.2) is 15.6 Å². The van der Waals surface area contributed by atoms with Gasteiger partial charge < -0.3 is 9.52 Å². The lowest BCUT2D eigenvalue weighted by atomic mass is 10.3. The second-order valence-electron chi connectivity index (χ2n) is 3.29. The van der Waals surface area contributed by atoms with Crippen molar-refractivity contribution in [2.45, 2.75) is 13.0 Å². The fourth-order valence-corrected chi connectivity index (χ4v) is 2.47. The van der Waals surface area contributed by atoms with Crippen molar-refractivity contribution in [1.29, 1.82) is 0 Å². The SMILES string of the molecule is O=C(O)CCn1c(-c2ccc(Br)o2)csc1=O. The third-order valence-electron chi connectivity index (χ3n) is 2.16. The molecule has 0 amide bonds. The third kappa shape index (κ3) is 2.67. The van der Waals surface area contributed by atoms with Gasteiger partial charge in [0.05, 0.1) is 12.1 Å². The number of hydrogen-bond acceptors (Lipinski definition) is 4. The van der Waals surface area contributed by atoms with Crippen molar-refractivity contribution in [3.05, 3.63) is 31.8 Å². The predicted octanol–water partition coefficient (Wildman–Crippen LogP) is 2.41. The van der Waals surface area contributed by atoms with Crippen LogP contribution in [0.15, 0.2) is 31.4 Å². The van der Waals surface area contributed by atoms with Crippen molar-refractivity contribution in [2.24, 2.45) is 0 Å². The van der Waals surface area contributed by atoms with Crippen molar-refractivity contribution >= 4 is 33.2 Å². The lowest BCUT2D eigenvalue weighted by Gasteiger charge is -2.02. The second-order valence-corrected chi connectivity index (χ2v) is 4.89. The highest BCUT2D eigenvalue weighted by Gasteiger charge is 2.13. The smallest absolute Gasteiger partial charge is 0.307 e. The predicted molar refractivity (Wildman–Crippen MR) is 66.2 cm³/mol. The van der Waals surface area contributed by atoms with Crippen molar-refractivity contribution in [2.75, 3.05) is 0 Å². The topological polar surface area (TPSA) is 72.4 Å². The van der Waals surface area contributed by atoms with Gasteiger partial charge in [0.2, 0.25) is 0 Å². The van der Waals surface area contributed by atoms with E-state index in [9.17, 15) is 9.59 Å². The number of aromatic nitrogens is 1. The second kappa shape index (κ2) is 4.89. The van der Waals surface area contributed by atoms with E-state index in [0.29, 0.717) is 16.1 Å². The Bertz CT molecular complexity index is 597. The molecule has 1 N–H and O–H groups in total. The number of aliphatic carboxylic acids is 1. The minimum atomic E-state index is -0.935. The maximum atomic E-state index is 11.6. The van der Waals surface area contributed by atoms with Crippen molar-refractivity contribution in [3.8, 4) is 11.5 Å². The molecule has 2 heterocycles. The molecule has 0 atom stereocenters. The van der Waals surface area contributed by atoms with Crippen LogP contribution in [0.3, 0.4) is 0 Å². The van der Waals surface area contributed by atoms with Gasteiger partial charge >= 0.3 is 10.8 Å². The molecule has 0 aromatic carbocycles. The van der Waals surface area contributed by atoms with Gasteiger partial charge in [0.25, 0.3) is 0 Å². The van der Waals surface area contributed by atoms with E-state index in [2.05, 4.69) is 15.9 Å². The molecule has 2 aromatic heterocycles. The standard InChI is InChI=1S/C10H8BrNO4S/c11-8-2-1-7(16-8)6-5-17-10(15)12(6)4-3-9(13)14/h1-2,5H,3-4H2,(H,13,14). The number of carboxylic acid groups (broad SMARTS) is 1. The Morgan fingerprint density at radius 1 is 1.53 bits per heavy atom. The number of carboxylic acids is 1. The van der Waals surface area contributed by atoms with Gasteiger partial charge in [-0.25, -0.2) is 0 Å². The molecule has 0 unspecified atom stereocenters. The number of halogens is 1. The molecule has 7 heteroatoms. The van der Waals surface area contributed by atoms with E-state index in [1.807, 2.05) is 0 Å². The Labute approximate surface area is 108 Å². The molecule has 0 bridgehead atoms. The maximum Gasteiger partial charge on any atom is 0.307 e. The Morgan fingerprint density at radius 3 is 2.88 bits per heavy atom. The molecule has 2 rings (SSSR count). The number of nitrogens with zero attached hydrogens (tertiary/aromatic N) is 1. The van der Waals surface area contributed by atoms with Gasteiger partial charge in [-0.15, -0.1) is 0 Å². The molecular weight excluding hydrogens is 310 g/mol. The molecular formula is C10H8BrNO4S. The van der Waals surface area contributed by atoms with Crippen LogP contribution in [0, 0.1) is 0 Å². The molecule has 0 aliphatic rings. The molecule has 0 fully saturated rings. The zero-order valence-corrected chi connectivity index (χ0v) is 11.0. The molecule has 0 saturated carbocycles.